The Bertz CT molecular complexity index is 844. The predicted molar refractivity (Wildman–Crippen MR) is 99.7 cm³/mol. The van der Waals surface area contributed by atoms with Gasteiger partial charge in [0.1, 0.15) is 17.2 Å². The standard InChI is InChI=1S/C19H22N2O6/c1-19(2,3)20(4)18(22)27-17-12-15(9-10-16(17)21(23)24)26-14-8-6-7-13(11-14)25-5/h6-12H,1-5H3. The van der Waals surface area contributed by atoms with E-state index in [1.54, 1.807) is 31.3 Å². The zero-order valence-electron chi connectivity index (χ0n) is 15.9. The molecule has 8 nitrogen and oxygen atoms in total. The van der Waals surface area contributed by atoms with Crippen molar-refractivity contribution in [1.82, 2.24) is 4.90 Å². The first-order valence-corrected chi connectivity index (χ1v) is 8.18. The summed E-state index contributed by atoms with van der Waals surface area (Å²) in [5.41, 5.74) is -0.829. The van der Waals surface area contributed by atoms with Crippen molar-refractivity contribution in [3.8, 4) is 23.0 Å². The molecule has 0 radical (unpaired) electrons. The van der Waals surface area contributed by atoms with Gasteiger partial charge >= 0.3 is 11.8 Å². The van der Waals surface area contributed by atoms with E-state index in [-0.39, 0.29) is 17.2 Å². The molecule has 0 aromatic heterocycles. The van der Waals surface area contributed by atoms with Crippen molar-refractivity contribution < 1.29 is 23.9 Å². The van der Waals surface area contributed by atoms with Crippen LogP contribution in [0.4, 0.5) is 10.5 Å². The van der Waals surface area contributed by atoms with Crippen molar-refractivity contribution in [2.45, 2.75) is 26.3 Å². The fourth-order valence-corrected chi connectivity index (χ4v) is 2.03. The number of rotatable bonds is 5. The molecule has 0 aliphatic rings. The van der Waals surface area contributed by atoms with Gasteiger partial charge in [0.05, 0.1) is 12.0 Å². The number of amides is 1. The highest BCUT2D eigenvalue weighted by Gasteiger charge is 2.27. The lowest BCUT2D eigenvalue weighted by Gasteiger charge is -2.30. The van der Waals surface area contributed by atoms with Crippen molar-refractivity contribution in [3.05, 3.63) is 52.6 Å². The minimum Gasteiger partial charge on any atom is -0.497 e. The summed E-state index contributed by atoms with van der Waals surface area (Å²) in [4.78, 5) is 24.3. The van der Waals surface area contributed by atoms with Crippen LogP contribution < -0.4 is 14.2 Å². The molecule has 27 heavy (non-hydrogen) atoms. The highest BCUT2D eigenvalue weighted by molar-refractivity contribution is 5.73. The van der Waals surface area contributed by atoms with Crippen LogP contribution in [0, 0.1) is 10.1 Å². The van der Waals surface area contributed by atoms with Crippen LogP contribution in [0.1, 0.15) is 20.8 Å². The summed E-state index contributed by atoms with van der Waals surface area (Å²) < 4.78 is 16.1. The Kier molecular flexibility index (Phi) is 5.89. The van der Waals surface area contributed by atoms with Crippen LogP contribution in [0.2, 0.25) is 0 Å². The first-order chi connectivity index (χ1) is 12.6. The van der Waals surface area contributed by atoms with Crippen molar-refractivity contribution in [2.24, 2.45) is 0 Å². The number of ether oxygens (including phenoxy) is 3. The topological polar surface area (TPSA) is 91.1 Å². The second-order valence-electron chi connectivity index (χ2n) is 6.77. The van der Waals surface area contributed by atoms with E-state index in [0.717, 1.165) is 0 Å². The molecule has 0 bridgehead atoms. The third kappa shape index (κ3) is 5.10. The summed E-state index contributed by atoms with van der Waals surface area (Å²) in [6.07, 6.45) is -0.705. The maximum absolute atomic E-state index is 12.3. The molecule has 0 fully saturated rings. The Morgan fingerprint density at radius 3 is 2.30 bits per heavy atom. The van der Waals surface area contributed by atoms with Crippen LogP contribution in [0.3, 0.4) is 0 Å². The first-order valence-electron chi connectivity index (χ1n) is 8.18. The van der Waals surface area contributed by atoms with Gasteiger partial charge in [0.25, 0.3) is 0 Å². The lowest BCUT2D eigenvalue weighted by molar-refractivity contribution is -0.385. The average Bonchev–Trinajstić information content (AvgIpc) is 2.60. The highest BCUT2D eigenvalue weighted by Crippen LogP contribution is 2.34. The van der Waals surface area contributed by atoms with Crippen LogP contribution in [0.15, 0.2) is 42.5 Å². The van der Waals surface area contributed by atoms with Crippen LogP contribution in [-0.4, -0.2) is 35.6 Å². The number of carbonyl (C=O) groups is 1. The maximum atomic E-state index is 12.3. The van der Waals surface area contributed by atoms with Gasteiger partial charge in [-0.1, -0.05) is 6.07 Å². The van der Waals surface area contributed by atoms with E-state index < -0.39 is 16.6 Å². The minimum absolute atomic E-state index is 0.193. The zero-order valence-corrected chi connectivity index (χ0v) is 15.9. The monoisotopic (exact) mass is 374 g/mol. The van der Waals surface area contributed by atoms with Gasteiger partial charge in [-0.3, -0.25) is 10.1 Å². The molecule has 144 valence electrons. The van der Waals surface area contributed by atoms with E-state index in [1.807, 2.05) is 20.8 Å². The fourth-order valence-electron chi connectivity index (χ4n) is 2.03. The third-order valence-corrected chi connectivity index (χ3v) is 3.88. The molecule has 2 rings (SSSR count). The Morgan fingerprint density at radius 2 is 1.70 bits per heavy atom. The predicted octanol–water partition coefficient (Wildman–Crippen LogP) is 4.62. The maximum Gasteiger partial charge on any atom is 0.415 e. The van der Waals surface area contributed by atoms with E-state index in [1.165, 1.54) is 30.2 Å². The fraction of sp³-hybridized carbons (Fsp3) is 0.316. The SMILES string of the molecule is COc1cccc(Oc2ccc([N+](=O)[O-])c(OC(=O)N(C)C(C)(C)C)c2)c1. The lowest BCUT2D eigenvalue weighted by atomic mass is 10.1. The molecular formula is C19H22N2O6. The number of carbonyl (C=O) groups excluding carboxylic acids is 1. The summed E-state index contributed by atoms with van der Waals surface area (Å²) in [6.45, 7) is 5.47. The second-order valence-corrected chi connectivity index (χ2v) is 6.77. The van der Waals surface area contributed by atoms with Gasteiger partial charge in [0.15, 0.2) is 0 Å². The van der Waals surface area contributed by atoms with E-state index in [0.29, 0.717) is 11.5 Å². The smallest absolute Gasteiger partial charge is 0.415 e. The molecule has 0 atom stereocenters. The lowest BCUT2D eigenvalue weighted by Crippen LogP contribution is -2.44. The van der Waals surface area contributed by atoms with Gasteiger partial charge in [-0.25, -0.2) is 4.79 Å². The summed E-state index contributed by atoms with van der Waals surface area (Å²) in [5.74, 6) is 1.18. The molecule has 2 aromatic carbocycles. The Hall–Kier alpha value is -3.29. The van der Waals surface area contributed by atoms with Gasteiger partial charge in [-0.05, 0) is 39.0 Å². The number of methoxy groups -OCH3 is 1. The van der Waals surface area contributed by atoms with Gasteiger partial charge < -0.3 is 19.1 Å². The van der Waals surface area contributed by atoms with Crippen molar-refractivity contribution in [3.63, 3.8) is 0 Å². The Balaban J connectivity index is 2.30. The van der Waals surface area contributed by atoms with Crippen molar-refractivity contribution >= 4 is 11.8 Å². The normalized spacial score (nSPS) is 10.9. The van der Waals surface area contributed by atoms with Crippen LogP contribution in [0.5, 0.6) is 23.0 Å². The van der Waals surface area contributed by atoms with Gasteiger partial charge in [0, 0.05) is 30.8 Å². The van der Waals surface area contributed by atoms with E-state index in [4.69, 9.17) is 14.2 Å². The van der Waals surface area contributed by atoms with Crippen LogP contribution in [-0.2, 0) is 0 Å². The number of benzene rings is 2. The molecule has 2 aromatic rings. The number of nitro benzene ring substituents is 1. The highest BCUT2D eigenvalue weighted by atomic mass is 16.6. The zero-order chi connectivity index (χ0) is 20.2. The molecule has 0 aliphatic heterocycles. The summed E-state index contributed by atoms with van der Waals surface area (Å²) in [7, 11) is 3.10. The van der Waals surface area contributed by atoms with Crippen molar-refractivity contribution in [1.29, 1.82) is 0 Å². The molecule has 0 spiro atoms. The minimum atomic E-state index is -0.705. The molecule has 8 heteroatoms. The molecular weight excluding hydrogens is 352 g/mol. The van der Waals surface area contributed by atoms with Gasteiger partial charge in [-0.15, -0.1) is 0 Å². The van der Waals surface area contributed by atoms with Gasteiger partial charge in [0.2, 0.25) is 5.75 Å². The van der Waals surface area contributed by atoms with Crippen LogP contribution in [0.25, 0.3) is 0 Å². The summed E-state index contributed by atoms with van der Waals surface area (Å²) in [5, 5.41) is 11.3. The molecule has 0 N–H and O–H groups in total. The Labute approximate surface area is 157 Å². The molecule has 0 heterocycles. The number of hydrogen-bond acceptors (Lipinski definition) is 6. The van der Waals surface area contributed by atoms with E-state index >= 15 is 0 Å². The second kappa shape index (κ2) is 7.94. The van der Waals surface area contributed by atoms with Crippen LogP contribution >= 0.6 is 0 Å². The first kappa shape index (κ1) is 20.0. The molecule has 0 unspecified atom stereocenters. The molecule has 0 saturated heterocycles. The quantitative estimate of drug-likeness (QED) is 0.560. The number of nitrogens with zero attached hydrogens (tertiary/aromatic N) is 2. The molecule has 1 amide bonds. The number of nitro groups is 1. The van der Waals surface area contributed by atoms with Gasteiger partial charge in [-0.2, -0.15) is 0 Å². The third-order valence-electron chi connectivity index (χ3n) is 3.88. The summed E-state index contributed by atoms with van der Waals surface area (Å²) >= 11 is 0. The van der Waals surface area contributed by atoms with Crippen molar-refractivity contribution in [2.75, 3.05) is 14.2 Å². The summed E-state index contributed by atoms with van der Waals surface area (Å²) in [6, 6.07) is 10.9. The molecule has 0 saturated carbocycles. The number of hydrogen-bond donors (Lipinski definition) is 0. The largest absolute Gasteiger partial charge is 0.497 e. The average molecular weight is 374 g/mol. The van der Waals surface area contributed by atoms with E-state index in [2.05, 4.69) is 0 Å². The Morgan fingerprint density at radius 1 is 1.07 bits per heavy atom. The molecule has 0 aliphatic carbocycles. The van der Waals surface area contributed by atoms with E-state index in [9.17, 15) is 14.9 Å².